The van der Waals surface area contributed by atoms with Crippen molar-refractivity contribution < 1.29 is 18.0 Å². The maximum atomic E-state index is 12.8. The molecule has 0 atom stereocenters. The van der Waals surface area contributed by atoms with Gasteiger partial charge in [-0.05, 0) is 32.0 Å². The highest BCUT2D eigenvalue weighted by atomic mass is 19.4. The summed E-state index contributed by atoms with van der Waals surface area (Å²) in [6, 6.07) is 5.39. The summed E-state index contributed by atoms with van der Waals surface area (Å²) in [5, 5.41) is 2.54. The van der Waals surface area contributed by atoms with Gasteiger partial charge in [0.25, 0.3) is 5.91 Å². The molecule has 20 heavy (non-hydrogen) atoms. The molecule has 1 amide bonds. The van der Waals surface area contributed by atoms with Crippen LogP contribution in [0.1, 0.15) is 28.8 Å². The molecule has 1 aliphatic rings. The number of carbonyl (C=O) groups excluding carboxylic acids is 1. The Morgan fingerprint density at radius 3 is 2.60 bits per heavy atom. The Labute approximate surface area is 115 Å². The molecule has 1 N–H and O–H groups in total. The summed E-state index contributed by atoms with van der Waals surface area (Å²) < 4.78 is 38.4. The van der Waals surface area contributed by atoms with Crippen molar-refractivity contribution >= 4 is 5.91 Å². The van der Waals surface area contributed by atoms with Gasteiger partial charge in [0.05, 0.1) is 11.1 Å². The molecule has 3 nitrogen and oxygen atoms in total. The van der Waals surface area contributed by atoms with Gasteiger partial charge in [0.2, 0.25) is 0 Å². The van der Waals surface area contributed by atoms with Crippen LogP contribution in [-0.4, -0.2) is 37.0 Å². The molecule has 0 bridgehead atoms. The molecule has 1 aromatic carbocycles. The summed E-state index contributed by atoms with van der Waals surface area (Å²) in [7, 11) is 1.95. The van der Waals surface area contributed by atoms with Crippen molar-refractivity contribution in [3.05, 3.63) is 35.4 Å². The first-order chi connectivity index (χ1) is 9.39. The van der Waals surface area contributed by atoms with E-state index in [1.165, 1.54) is 18.2 Å². The first-order valence-corrected chi connectivity index (χ1v) is 6.54. The normalized spacial score (nSPS) is 15.4. The quantitative estimate of drug-likeness (QED) is 0.902. The number of likely N-dealkylation sites (N-methyl/N-ethyl adjacent to an activating group) is 1. The molecule has 1 aromatic rings. The van der Waals surface area contributed by atoms with Gasteiger partial charge in [0.15, 0.2) is 0 Å². The SMILES string of the molecule is CN(CCNC(=O)c1ccccc1C(F)(F)F)C1CC1. The van der Waals surface area contributed by atoms with Gasteiger partial charge in [-0.1, -0.05) is 12.1 Å². The molecular weight excluding hydrogens is 269 g/mol. The number of halogens is 3. The van der Waals surface area contributed by atoms with Crippen LogP contribution in [-0.2, 0) is 6.18 Å². The fraction of sp³-hybridized carbons (Fsp3) is 0.500. The van der Waals surface area contributed by atoms with Crippen molar-refractivity contribution in [1.82, 2.24) is 10.2 Å². The second-order valence-corrected chi connectivity index (χ2v) is 5.01. The van der Waals surface area contributed by atoms with Crippen molar-refractivity contribution in [1.29, 1.82) is 0 Å². The largest absolute Gasteiger partial charge is 0.417 e. The number of amides is 1. The second kappa shape index (κ2) is 5.83. The van der Waals surface area contributed by atoms with E-state index in [9.17, 15) is 18.0 Å². The van der Waals surface area contributed by atoms with E-state index in [1.54, 1.807) is 0 Å². The first-order valence-electron chi connectivity index (χ1n) is 6.54. The van der Waals surface area contributed by atoms with Gasteiger partial charge < -0.3 is 10.2 Å². The lowest BCUT2D eigenvalue weighted by molar-refractivity contribution is -0.137. The molecule has 6 heteroatoms. The highest BCUT2D eigenvalue weighted by Gasteiger charge is 2.34. The smallest absolute Gasteiger partial charge is 0.351 e. The van der Waals surface area contributed by atoms with Crippen LogP contribution in [0.15, 0.2) is 24.3 Å². The van der Waals surface area contributed by atoms with Gasteiger partial charge in [0.1, 0.15) is 0 Å². The van der Waals surface area contributed by atoms with Crippen LogP contribution in [0, 0.1) is 0 Å². The topological polar surface area (TPSA) is 32.3 Å². The van der Waals surface area contributed by atoms with E-state index in [2.05, 4.69) is 10.2 Å². The number of hydrogen-bond acceptors (Lipinski definition) is 2. The summed E-state index contributed by atoms with van der Waals surface area (Å²) in [6.07, 6.45) is -2.21. The molecule has 1 fully saturated rings. The summed E-state index contributed by atoms with van der Waals surface area (Å²) in [5.74, 6) is -0.679. The van der Waals surface area contributed by atoms with Crippen molar-refractivity contribution in [2.24, 2.45) is 0 Å². The highest BCUT2D eigenvalue weighted by Crippen LogP contribution is 2.31. The Bertz CT molecular complexity index is 484. The molecule has 110 valence electrons. The minimum Gasteiger partial charge on any atom is -0.351 e. The van der Waals surface area contributed by atoms with Crippen LogP contribution < -0.4 is 5.32 Å². The number of alkyl halides is 3. The molecule has 0 aliphatic heterocycles. The standard InChI is InChI=1S/C14H17F3N2O/c1-19(10-6-7-10)9-8-18-13(20)11-4-2-3-5-12(11)14(15,16)17/h2-5,10H,6-9H2,1H3,(H,18,20). The number of hydrogen-bond donors (Lipinski definition) is 1. The molecule has 0 aromatic heterocycles. The number of benzene rings is 1. The van der Waals surface area contributed by atoms with E-state index in [-0.39, 0.29) is 5.56 Å². The van der Waals surface area contributed by atoms with E-state index in [1.807, 2.05) is 7.05 Å². The zero-order chi connectivity index (χ0) is 14.8. The van der Waals surface area contributed by atoms with Gasteiger partial charge in [-0.25, -0.2) is 0 Å². The van der Waals surface area contributed by atoms with Gasteiger partial charge in [0, 0.05) is 19.1 Å². The second-order valence-electron chi connectivity index (χ2n) is 5.01. The molecule has 0 unspecified atom stereocenters. The molecule has 0 spiro atoms. The van der Waals surface area contributed by atoms with Crippen molar-refractivity contribution in [3.63, 3.8) is 0 Å². The Kier molecular flexibility index (Phi) is 4.32. The predicted molar refractivity (Wildman–Crippen MR) is 69.4 cm³/mol. The number of carbonyl (C=O) groups is 1. The monoisotopic (exact) mass is 286 g/mol. The third kappa shape index (κ3) is 3.72. The molecule has 1 saturated carbocycles. The lowest BCUT2D eigenvalue weighted by Gasteiger charge is -2.16. The van der Waals surface area contributed by atoms with E-state index in [0.29, 0.717) is 19.1 Å². The average Bonchev–Trinajstić information content (AvgIpc) is 3.21. The molecular formula is C14H17F3N2O. The van der Waals surface area contributed by atoms with Gasteiger partial charge in [-0.15, -0.1) is 0 Å². The van der Waals surface area contributed by atoms with E-state index >= 15 is 0 Å². The predicted octanol–water partition coefficient (Wildman–Crippen LogP) is 2.53. The van der Waals surface area contributed by atoms with E-state index in [4.69, 9.17) is 0 Å². The number of nitrogens with one attached hydrogen (secondary N) is 1. The lowest BCUT2D eigenvalue weighted by Crippen LogP contribution is -2.34. The Balaban J connectivity index is 1.95. The number of nitrogens with zero attached hydrogens (tertiary/aromatic N) is 1. The van der Waals surface area contributed by atoms with E-state index in [0.717, 1.165) is 18.9 Å². The van der Waals surface area contributed by atoms with Gasteiger partial charge in [-0.3, -0.25) is 4.79 Å². The van der Waals surface area contributed by atoms with Crippen LogP contribution in [0.4, 0.5) is 13.2 Å². The van der Waals surface area contributed by atoms with Crippen molar-refractivity contribution in [2.75, 3.05) is 20.1 Å². The minimum atomic E-state index is -4.52. The first kappa shape index (κ1) is 14.8. The fourth-order valence-electron chi connectivity index (χ4n) is 2.07. The maximum Gasteiger partial charge on any atom is 0.417 e. The summed E-state index contributed by atoms with van der Waals surface area (Å²) in [6.45, 7) is 0.989. The minimum absolute atomic E-state index is 0.325. The summed E-state index contributed by atoms with van der Waals surface area (Å²) in [4.78, 5) is 14.0. The van der Waals surface area contributed by atoms with Crippen molar-refractivity contribution in [3.8, 4) is 0 Å². The maximum absolute atomic E-state index is 12.8. The molecule has 0 heterocycles. The summed E-state index contributed by atoms with van der Waals surface area (Å²) >= 11 is 0. The Morgan fingerprint density at radius 1 is 1.35 bits per heavy atom. The molecule has 2 rings (SSSR count). The average molecular weight is 286 g/mol. The Hall–Kier alpha value is -1.56. The Morgan fingerprint density at radius 2 is 2.00 bits per heavy atom. The van der Waals surface area contributed by atoms with Crippen molar-refractivity contribution in [2.45, 2.75) is 25.1 Å². The zero-order valence-electron chi connectivity index (χ0n) is 11.2. The van der Waals surface area contributed by atoms with Crippen LogP contribution in [0.3, 0.4) is 0 Å². The fourth-order valence-corrected chi connectivity index (χ4v) is 2.07. The van der Waals surface area contributed by atoms with Crippen LogP contribution in [0.5, 0.6) is 0 Å². The molecule has 1 aliphatic carbocycles. The molecule has 0 radical (unpaired) electrons. The van der Waals surface area contributed by atoms with Crippen LogP contribution >= 0.6 is 0 Å². The third-order valence-electron chi connectivity index (χ3n) is 3.40. The van der Waals surface area contributed by atoms with Gasteiger partial charge >= 0.3 is 6.18 Å². The highest BCUT2D eigenvalue weighted by molar-refractivity contribution is 5.95. The zero-order valence-corrected chi connectivity index (χ0v) is 11.2. The number of rotatable bonds is 5. The molecule has 0 saturated heterocycles. The van der Waals surface area contributed by atoms with Crippen LogP contribution in [0.25, 0.3) is 0 Å². The summed E-state index contributed by atoms with van der Waals surface area (Å²) in [5.41, 5.74) is -1.22. The van der Waals surface area contributed by atoms with Gasteiger partial charge in [-0.2, -0.15) is 13.2 Å². The van der Waals surface area contributed by atoms with E-state index < -0.39 is 17.6 Å². The van der Waals surface area contributed by atoms with Crippen LogP contribution in [0.2, 0.25) is 0 Å². The third-order valence-corrected chi connectivity index (χ3v) is 3.40. The lowest BCUT2D eigenvalue weighted by atomic mass is 10.1.